The maximum Gasteiger partial charge on any atom is 0.168 e. The second-order valence-electron chi connectivity index (χ2n) is 4.80. The first kappa shape index (κ1) is 11.8. The summed E-state index contributed by atoms with van der Waals surface area (Å²) < 4.78 is 0. The first-order valence-corrected chi connectivity index (χ1v) is 5.71. The van der Waals surface area contributed by atoms with Crippen LogP contribution in [0.1, 0.15) is 19.4 Å². The van der Waals surface area contributed by atoms with Gasteiger partial charge in [0.15, 0.2) is 5.78 Å². The molecule has 0 saturated carbocycles. The summed E-state index contributed by atoms with van der Waals surface area (Å²) in [6.07, 6.45) is 0.269. The summed E-state index contributed by atoms with van der Waals surface area (Å²) in [5.41, 5.74) is -0.299. The SMILES string of the molecule is CC(C)(O)C(=O)Cc1cccc2ccccc12. The van der Waals surface area contributed by atoms with Gasteiger partial charge in [0.2, 0.25) is 0 Å². The lowest BCUT2D eigenvalue weighted by Gasteiger charge is -2.16. The van der Waals surface area contributed by atoms with E-state index in [1.54, 1.807) is 0 Å². The fourth-order valence-electron chi connectivity index (χ4n) is 1.84. The Bertz CT molecular complexity index is 545. The number of aliphatic hydroxyl groups is 1. The first-order valence-electron chi connectivity index (χ1n) is 5.71. The van der Waals surface area contributed by atoms with Crippen LogP contribution in [0.4, 0.5) is 0 Å². The highest BCUT2D eigenvalue weighted by atomic mass is 16.3. The molecule has 0 bridgehead atoms. The van der Waals surface area contributed by atoms with Gasteiger partial charge in [0, 0.05) is 6.42 Å². The van der Waals surface area contributed by atoms with Gasteiger partial charge in [-0.25, -0.2) is 0 Å². The summed E-state index contributed by atoms with van der Waals surface area (Å²) in [7, 11) is 0. The van der Waals surface area contributed by atoms with Crippen molar-refractivity contribution in [3.8, 4) is 0 Å². The molecule has 0 heterocycles. The zero-order valence-electron chi connectivity index (χ0n) is 10.1. The van der Waals surface area contributed by atoms with Crippen LogP contribution in [0.3, 0.4) is 0 Å². The third kappa shape index (κ3) is 2.53. The lowest BCUT2D eigenvalue weighted by atomic mass is 9.94. The molecule has 0 amide bonds. The Labute approximate surface area is 101 Å². The monoisotopic (exact) mass is 228 g/mol. The van der Waals surface area contributed by atoms with E-state index >= 15 is 0 Å². The highest BCUT2D eigenvalue weighted by Crippen LogP contribution is 2.20. The van der Waals surface area contributed by atoms with Crippen molar-refractivity contribution in [2.75, 3.05) is 0 Å². The minimum Gasteiger partial charge on any atom is -0.383 e. The lowest BCUT2D eigenvalue weighted by Crippen LogP contribution is -2.32. The average molecular weight is 228 g/mol. The number of fused-ring (bicyclic) bond motifs is 1. The minimum atomic E-state index is -1.27. The Balaban J connectivity index is 2.40. The maximum atomic E-state index is 11.8. The molecule has 0 radical (unpaired) electrons. The van der Waals surface area contributed by atoms with Crippen molar-refractivity contribution in [3.63, 3.8) is 0 Å². The number of carbonyl (C=O) groups excluding carboxylic acids is 1. The van der Waals surface area contributed by atoms with Gasteiger partial charge in [0.05, 0.1) is 0 Å². The Morgan fingerprint density at radius 2 is 1.76 bits per heavy atom. The molecule has 0 aliphatic rings. The van der Waals surface area contributed by atoms with E-state index in [9.17, 15) is 9.90 Å². The number of hydrogen-bond acceptors (Lipinski definition) is 2. The molecule has 0 aliphatic heterocycles. The number of rotatable bonds is 3. The third-order valence-corrected chi connectivity index (χ3v) is 2.91. The molecule has 0 unspecified atom stereocenters. The van der Waals surface area contributed by atoms with E-state index in [0.717, 1.165) is 16.3 Å². The Hall–Kier alpha value is -1.67. The third-order valence-electron chi connectivity index (χ3n) is 2.91. The molecule has 2 aromatic rings. The molecule has 0 aliphatic carbocycles. The standard InChI is InChI=1S/C15H16O2/c1-15(2,17)14(16)10-12-8-5-7-11-6-3-4-9-13(11)12/h3-9,17H,10H2,1-2H3. The number of hydrogen-bond donors (Lipinski definition) is 1. The molecule has 0 spiro atoms. The van der Waals surface area contributed by atoms with Gasteiger partial charge >= 0.3 is 0 Å². The first-order chi connectivity index (χ1) is 7.98. The molecule has 2 aromatic carbocycles. The maximum absolute atomic E-state index is 11.8. The zero-order valence-corrected chi connectivity index (χ0v) is 10.1. The van der Waals surface area contributed by atoms with E-state index < -0.39 is 5.60 Å². The van der Waals surface area contributed by atoms with Crippen molar-refractivity contribution < 1.29 is 9.90 Å². The molecule has 2 nitrogen and oxygen atoms in total. The van der Waals surface area contributed by atoms with Crippen LogP contribution in [0.5, 0.6) is 0 Å². The summed E-state index contributed by atoms with van der Waals surface area (Å²) in [5.74, 6) is -0.158. The van der Waals surface area contributed by atoms with Gasteiger partial charge in [-0.05, 0) is 30.2 Å². The van der Waals surface area contributed by atoms with Gasteiger partial charge in [-0.1, -0.05) is 42.5 Å². The van der Waals surface area contributed by atoms with Crippen molar-refractivity contribution in [2.24, 2.45) is 0 Å². The summed E-state index contributed by atoms with van der Waals surface area (Å²) in [4.78, 5) is 11.8. The average Bonchev–Trinajstić information content (AvgIpc) is 2.28. The van der Waals surface area contributed by atoms with Crippen molar-refractivity contribution in [3.05, 3.63) is 48.0 Å². The van der Waals surface area contributed by atoms with Gasteiger partial charge in [0.25, 0.3) is 0 Å². The summed E-state index contributed by atoms with van der Waals surface area (Å²) in [5, 5.41) is 11.9. The van der Waals surface area contributed by atoms with Crippen LogP contribution < -0.4 is 0 Å². The smallest absolute Gasteiger partial charge is 0.168 e. The molecule has 0 atom stereocenters. The lowest BCUT2D eigenvalue weighted by molar-refractivity contribution is -0.133. The van der Waals surface area contributed by atoms with Gasteiger partial charge in [-0.15, -0.1) is 0 Å². The van der Waals surface area contributed by atoms with Crippen molar-refractivity contribution in [1.82, 2.24) is 0 Å². The molecule has 88 valence electrons. The Morgan fingerprint density at radius 1 is 1.12 bits per heavy atom. The number of Topliss-reactive ketones (excluding diaryl/α,β-unsaturated/α-hetero) is 1. The quantitative estimate of drug-likeness (QED) is 0.877. The predicted molar refractivity (Wildman–Crippen MR) is 69.0 cm³/mol. The normalized spacial score (nSPS) is 11.7. The van der Waals surface area contributed by atoms with Crippen LogP contribution in [0.2, 0.25) is 0 Å². The van der Waals surface area contributed by atoms with Crippen molar-refractivity contribution in [1.29, 1.82) is 0 Å². The van der Waals surface area contributed by atoms with E-state index in [-0.39, 0.29) is 12.2 Å². The number of carbonyl (C=O) groups is 1. The van der Waals surface area contributed by atoms with Gasteiger partial charge < -0.3 is 5.11 Å². The summed E-state index contributed by atoms with van der Waals surface area (Å²) >= 11 is 0. The second-order valence-corrected chi connectivity index (χ2v) is 4.80. The molecule has 0 fully saturated rings. The van der Waals surface area contributed by atoms with Crippen LogP contribution >= 0.6 is 0 Å². The van der Waals surface area contributed by atoms with Crippen molar-refractivity contribution >= 4 is 16.6 Å². The van der Waals surface area contributed by atoms with Gasteiger partial charge in [-0.3, -0.25) is 4.79 Å². The molecular formula is C15H16O2. The highest BCUT2D eigenvalue weighted by molar-refractivity contribution is 5.93. The summed E-state index contributed by atoms with van der Waals surface area (Å²) in [6.45, 7) is 3.06. The predicted octanol–water partition coefficient (Wildman–Crippen LogP) is 2.72. The second kappa shape index (κ2) is 4.30. The van der Waals surface area contributed by atoms with Crippen LogP contribution in [0, 0.1) is 0 Å². The molecule has 0 saturated heterocycles. The topological polar surface area (TPSA) is 37.3 Å². The number of ketones is 1. The Morgan fingerprint density at radius 3 is 2.47 bits per heavy atom. The number of benzene rings is 2. The van der Waals surface area contributed by atoms with E-state index in [4.69, 9.17) is 0 Å². The molecule has 0 aromatic heterocycles. The largest absolute Gasteiger partial charge is 0.383 e. The van der Waals surface area contributed by atoms with Gasteiger partial charge in [0.1, 0.15) is 5.60 Å². The molecule has 2 rings (SSSR count). The highest BCUT2D eigenvalue weighted by Gasteiger charge is 2.23. The molecule has 17 heavy (non-hydrogen) atoms. The van der Waals surface area contributed by atoms with E-state index in [1.807, 2.05) is 42.5 Å². The van der Waals surface area contributed by atoms with Crippen LogP contribution in [-0.4, -0.2) is 16.5 Å². The summed E-state index contributed by atoms with van der Waals surface area (Å²) in [6, 6.07) is 13.9. The Kier molecular flexibility index (Phi) is 2.99. The molecule has 2 heteroatoms. The van der Waals surface area contributed by atoms with E-state index in [1.165, 1.54) is 13.8 Å². The molecule has 1 N–H and O–H groups in total. The fourth-order valence-corrected chi connectivity index (χ4v) is 1.84. The van der Waals surface area contributed by atoms with Crippen LogP contribution in [0.15, 0.2) is 42.5 Å². The van der Waals surface area contributed by atoms with Crippen LogP contribution in [0.25, 0.3) is 10.8 Å². The van der Waals surface area contributed by atoms with E-state index in [2.05, 4.69) is 0 Å². The van der Waals surface area contributed by atoms with E-state index in [0.29, 0.717) is 0 Å². The van der Waals surface area contributed by atoms with Crippen molar-refractivity contribution in [2.45, 2.75) is 25.9 Å². The van der Waals surface area contributed by atoms with Crippen LogP contribution in [-0.2, 0) is 11.2 Å². The molecular weight excluding hydrogens is 212 g/mol. The van der Waals surface area contributed by atoms with Gasteiger partial charge in [-0.2, -0.15) is 0 Å². The minimum absolute atomic E-state index is 0.158. The fraction of sp³-hybridized carbons (Fsp3) is 0.267. The zero-order chi connectivity index (χ0) is 12.5.